The van der Waals surface area contributed by atoms with Crippen molar-refractivity contribution in [3.8, 4) is 0 Å². The van der Waals surface area contributed by atoms with Crippen molar-refractivity contribution in [1.29, 1.82) is 0 Å². The fourth-order valence-electron chi connectivity index (χ4n) is 7.75. The topological polar surface area (TPSA) is 0 Å². The molecule has 0 radical (unpaired) electrons. The van der Waals surface area contributed by atoms with Gasteiger partial charge in [-0.25, -0.2) is 0 Å². The van der Waals surface area contributed by atoms with Gasteiger partial charge in [0.05, 0.1) is 0 Å². The molecule has 8 aromatic rings. The van der Waals surface area contributed by atoms with E-state index in [1.807, 2.05) is 0 Å². The zero-order valence-electron chi connectivity index (χ0n) is 24.5. The third-order valence-electron chi connectivity index (χ3n) is 9.57. The summed E-state index contributed by atoms with van der Waals surface area (Å²) < 4.78 is 0. The Labute approximate surface area is 253 Å². The van der Waals surface area contributed by atoms with Crippen LogP contribution in [0, 0.1) is 13.8 Å². The molecule has 205 valence electrons. The van der Waals surface area contributed by atoms with Crippen LogP contribution in [0.2, 0.25) is 0 Å². The summed E-state index contributed by atoms with van der Waals surface area (Å²) in [5, 5.41) is 16.5. The lowest BCUT2D eigenvalue weighted by molar-refractivity contribution is 1.58. The summed E-state index contributed by atoms with van der Waals surface area (Å²) in [5.74, 6) is 0. The van der Waals surface area contributed by atoms with E-state index < -0.39 is 8.07 Å². The first-order valence-corrected chi connectivity index (χ1v) is 17.1. The molecule has 0 N–H and O–H groups in total. The van der Waals surface area contributed by atoms with Gasteiger partial charge in [-0.05, 0) is 76.1 Å². The molecule has 0 saturated heterocycles. The normalized spacial score (nSPS) is 12.0. The lowest BCUT2D eigenvalue weighted by atomic mass is 9.97. The minimum Gasteiger partial charge on any atom is -0.171 e. The summed E-state index contributed by atoms with van der Waals surface area (Å²) in [7, 11) is -3.00. The quantitative estimate of drug-likeness (QED) is 0.115. The maximum Gasteiger partial charge on any atom is -0.0176 e. The molecule has 0 heterocycles. The number of fused-ring (bicyclic) bond motifs is 4. The SMILES string of the molecule is Cc1c2ccccc2c([Si-](c2ccccc2)(c2ccccc2)c2c3ccccc3c(C)c3ccccc23)c2ccccc12. The number of aryl methyl sites for hydroxylation is 2. The Kier molecular flexibility index (Phi) is 6.03. The molecule has 0 spiro atoms. The van der Waals surface area contributed by atoms with Gasteiger partial charge in [-0.15, -0.1) is 0 Å². The van der Waals surface area contributed by atoms with Crippen molar-refractivity contribution in [2.24, 2.45) is 0 Å². The molecule has 0 saturated carbocycles. The van der Waals surface area contributed by atoms with E-state index in [0.717, 1.165) is 0 Å². The smallest absolute Gasteiger partial charge is 0.0176 e. The molecule has 1 heteroatoms. The van der Waals surface area contributed by atoms with E-state index in [9.17, 15) is 0 Å². The van der Waals surface area contributed by atoms with Gasteiger partial charge in [0, 0.05) is 0 Å². The van der Waals surface area contributed by atoms with Gasteiger partial charge in [0.1, 0.15) is 0 Å². The Morgan fingerprint density at radius 3 is 0.791 bits per heavy atom. The molecule has 0 unspecified atom stereocenters. The molecule has 0 amide bonds. The zero-order chi connectivity index (χ0) is 29.0. The monoisotopic (exact) mass is 564 g/mol. The molecule has 0 bridgehead atoms. The van der Waals surface area contributed by atoms with E-state index in [2.05, 4.69) is 172 Å². The Morgan fingerprint density at radius 1 is 0.279 bits per heavy atom. The van der Waals surface area contributed by atoms with Crippen molar-refractivity contribution < 1.29 is 0 Å². The summed E-state index contributed by atoms with van der Waals surface area (Å²) >= 11 is 0. The second-order valence-electron chi connectivity index (χ2n) is 11.7. The Bertz CT molecular complexity index is 2020. The Morgan fingerprint density at radius 2 is 0.512 bits per heavy atom. The van der Waals surface area contributed by atoms with Gasteiger partial charge in [-0.1, -0.05) is 158 Å². The lowest BCUT2D eigenvalue weighted by Gasteiger charge is -2.50. The lowest BCUT2D eigenvalue weighted by Crippen LogP contribution is -2.75. The first-order valence-electron chi connectivity index (χ1n) is 15.1. The van der Waals surface area contributed by atoms with Crippen molar-refractivity contribution >= 4 is 71.9 Å². The molecule has 43 heavy (non-hydrogen) atoms. The summed E-state index contributed by atoms with van der Waals surface area (Å²) in [5.41, 5.74) is 2.69. The number of hydrogen-bond acceptors (Lipinski definition) is 0. The highest BCUT2D eigenvalue weighted by molar-refractivity contribution is 7.23. The van der Waals surface area contributed by atoms with E-state index in [1.54, 1.807) is 0 Å². The third kappa shape index (κ3) is 3.68. The molecule has 0 aliphatic heterocycles. The fraction of sp³-hybridized carbons (Fsp3) is 0.0476. The van der Waals surface area contributed by atoms with Crippen molar-refractivity contribution in [2.45, 2.75) is 13.8 Å². The van der Waals surface area contributed by atoms with Crippen LogP contribution in [-0.2, 0) is 0 Å². The van der Waals surface area contributed by atoms with Gasteiger partial charge in [0.25, 0.3) is 0 Å². The highest BCUT2D eigenvalue weighted by atomic mass is 28.3. The highest BCUT2D eigenvalue weighted by Crippen LogP contribution is 2.33. The molecule has 0 fully saturated rings. The van der Waals surface area contributed by atoms with Crippen LogP contribution >= 0.6 is 0 Å². The Balaban J connectivity index is 1.76. The standard InChI is InChI=1S/C42H32Si/c1-29-33-21-9-13-25-37(33)41(38-26-14-10-22-34(29)38)43(31-17-5-3-6-18-31,32-19-7-4-8-20-32)42-39-27-15-11-23-35(39)30(2)36-24-12-16-28-40(36)42/h3-28H,1-2H3/q-1. The average molecular weight is 565 g/mol. The van der Waals surface area contributed by atoms with Gasteiger partial charge in [0.2, 0.25) is 0 Å². The predicted molar refractivity (Wildman–Crippen MR) is 190 cm³/mol. The molecule has 0 atom stereocenters. The van der Waals surface area contributed by atoms with E-state index >= 15 is 0 Å². The van der Waals surface area contributed by atoms with E-state index in [4.69, 9.17) is 0 Å². The van der Waals surface area contributed by atoms with Gasteiger partial charge < -0.3 is 0 Å². The number of benzene rings is 8. The van der Waals surface area contributed by atoms with Crippen molar-refractivity contribution in [3.05, 3.63) is 169 Å². The molecular weight excluding hydrogens is 533 g/mol. The van der Waals surface area contributed by atoms with E-state index in [-0.39, 0.29) is 0 Å². The summed E-state index contributed by atoms with van der Waals surface area (Å²) in [6, 6.07) is 59.3. The van der Waals surface area contributed by atoms with Crippen molar-refractivity contribution in [3.63, 3.8) is 0 Å². The molecule has 0 aliphatic carbocycles. The van der Waals surface area contributed by atoms with Crippen LogP contribution in [0.3, 0.4) is 0 Å². The number of rotatable bonds is 4. The summed E-state index contributed by atoms with van der Waals surface area (Å²) in [6.45, 7) is 4.58. The minimum absolute atomic E-state index is 1.33. The predicted octanol–water partition coefficient (Wildman–Crippen LogP) is 8.29. The molecular formula is C42H32Si-. The largest absolute Gasteiger partial charge is 0.171 e. The van der Waals surface area contributed by atoms with E-state index in [1.165, 1.54) is 75.0 Å². The molecule has 8 rings (SSSR count). The average Bonchev–Trinajstić information content (AvgIpc) is 3.08. The van der Waals surface area contributed by atoms with Crippen LogP contribution < -0.4 is 20.7 Å². The first-order chi connectivity index (χ1) is 21.2. The number of hydrogen-bond donors (Lipinski definition) is 0. The van der Waals surface area contributed by atoms with Crippen LogP contribution in [0.5, 0.6) is 0 Å². The van der Waals surface area contributed by atoms with Gasteiger partial charge in [-0.3, -0.25) is 0 Å². The van der Waals surface area contributed by atoms with Crippen LogP contribution in [0.15, 0.2) is 158 Å². The van der Waals surface area contributed by atoms with Crippen molar-refractivity contribution in [1.82, 2.24) is 0 Å². The first kappa shape index (κ1) is 25.7. The van der Waals surface area contributed by atoms with Gasteiger partial charge in [0.15, 0.2) is 0 Å². The molecule has 0 nitrogen and oxygen atoms in total. The fourth-order valence-corrected chi connectivity index (χ4v) is 13.4. The third-order valence-corrected chi connectivity index (χ3v) is 14.5. The Hall–Kier alpha value is -4.98. The van der Waals surface area contributed by atoms with Crippen LogP contribution in [0.25, 0.3) is 43.1 Å². The second-order valence-corrected chi connectivity index (χ2v) is 15.3. The zero-order valence-corrected chi connectivity index (χ0v) is 25.5. The van der Waals surface area contributed by atoms with Crippen molar-refractivity contribution in [2.75, 3.05) is 0 Å². The van der Waals surface area contributed by atoms with Gasteiger partial charge in [-0.2, -0.15) is 20.7 Å². The van der Waals surface area contributed by atoms with Gasteiger partial charge >= 0.3 is 0 Å². The highest BCUT2D eigenvalue weighted by Gasteiger charge is 2.34. The summed E-state index contributed by atoms with van der Waals surface area (Å²) in [4.78, 5) is 0. The minimum atomic E-state index is -3.00. The van der Waals surface area contributed by atoms with E-state index in [0.29, 0.717) is 0 Å². The maximum atomic E-state index is 2.39. The summed E-state index contributed by atoms with van der Waals surface area (Å²) in [6.07, 6.45) is 0. The van der Waals surface area contributed by atoms with Crippen LogP contribution in [0.4, 0.5) is 0 Å². The molecule has 8 aromatic carbocycles. The van der Waals surface area contributed by atoms with Crippen LogP contribution in [-0.4, -0.2) is 8.07 Å². The molecule has 0 aliphatic rings. The van der Waals surface area contributed by atoms with Crippen LogP contribution in [0.1, 0.15) is 11.1 Å². The molecule has 0 aromatic heterocycles. The second kappa shape index (κ2) is 10.1. The maximum absolute atomic E-state index is 3.00.